The van der Waals surface area contributed by atoms with E-state index in [1.165, 1.54) is 6.33 Å². The van der Waals surface area contributed by atoms with Crippen LogP contribution in [0.2, 0.25) is 0 Å². The number of aromatic nitrogens is 7. The molecule has 2 aliphatic rings. The van der Waals surface area contributed by atoms with Gasteiger partial charge in [-0.1, -0.05) is 6.07 Å². The van der Waals surface area contributed by atoms with Crippen LogP contribution in [-0.2, 0) is 9.47 Å². The highest BCUT2D eigenvalue weighted by molar-refractivity contribution is 5.92. The van der Waals surface area contributed by atoms with E-state index >= 15 is 0 Å². The standard InChI is InChI=1S/C26H28N8O2/c27-26-25-20(22-3-8-30-33(22)19-6-11-36-12-7-19)14-23(34(25)31-15-28-26)17-1-2-21-24(13-17)32(16-29-21)18-4-9-35-10-5-18/h1-3,8,13-16,18-19H,4-7,9-12H2,(H2,27,28,31). The summed E-state index contributed by atoms with van der Waals surface area (Å²) in [5.41, 5.74) is 13.3. The highest BCUT2D eigenvalue weighted by atomic mass is 16.5. The van der Waals surface area contributed by atoms with Crippen LogP contribution in [0.5, 0.6) is 0 Å². The molecule has 0 bridgehead atoms. The number of nitrogens with two attached hydrogens (primary N) is 1. The SMILES string of the molecule is Nc1ncnn2c(-c3ccc4ncn(C5CCOCC5)c4c3)cc(-c3ccnn3C3CCOCC3)c12. The van der Waals surface area contributed by atoms with Crippen LogP contribution in [-0.4, -0.2) is 60.4 Å². The van der Waals surface area contributed by atoms with Gasteiger partial charge in [-0.05, 0) is 49.9 Å². The van der Waals surface area contributed by atoms with Gasteiger partial charge in [0.05, 0.1) is 34.8 Å². The minimum atomic E-state index is 0.290. The van der Waals surface area contributed by atoms with Crippen molar-refractivity contribution >= 4 is 22.4 Å². The van der Waals surface area contributed by atoms with Crippen LogP contribution in [0.4, 0.5) is 5.82 Å². The lowest BCUT2D eigenvalue weighted by molar-refractivity contribution is 0.0667. The minimum Gasteiger partial charge on any atom is -0.382 e. The Labute approximate surface area is 207 Å². The fourth-order valence-corrected chi connectivity index (χ4v) is 5.66. The van der Waals surface area contributed by atoms with Crippen LogP contribution in [0.3, 0.4) is 0 Å². The Morgan fingerprint density at radius 2 is 1.61 bits per heavy atom. The number of nitrogen functional groups attached to an aromatic ring is 1. The third-order valence-electron chi connectivity index (χ3n) is 7.52. The van der Waals surface area contributed by atoms with Gasteiger partial charge in [0.25, 0.3) is 0 Å². The third-order valence-corrected chi connectivity index (χ3v) is 7.52. The van der Waals surface area contributed by atoms with Gasteiger partial charge in [-0.15, -0.1) is 0 Å². The summed E-state index contributed by atoms with van der Waals surface area (Å²) >= 11 is 0. The van der Waals surface area contributed by atoms with Crippen LogP contribution in [0.25, 0.3) is 39.1 Å². The number of nitrogens with zero attached hydrogens (tertiary/aromatic N) is 7. The number of imidazole rings is 1. The number of rotatable bonds is 4. The van der Waals surface area contributed by atoms with Gasteiger partial charge in [0, 0.05) is 49.8 Å². The fourth-order valence-electron chi connectivity index (χ4n) is 5.66. The van der Waals surface area contributed by atoms with Crippen molar-refractivity contribution in [1.29, 1.82) is 0 Å². The Balaban J connectivity index is 1.38. The topological polar surface area (TPSA) is 110 Å². The Kier molecular flexibility index (Phi) is 5.21. The second-order valence-electron chi connectivity index (χ2n) is 9.55. The van der Waals surface area contributed by atoms with E-state index < -0.39 is 0 Å². The van der Waals surface area contributed by atoms with E-state index in [1.807, 2.05) is 23.1 Å². The molecule has 0 saturated carbocycles. The van der Waals surface area contributed by atoms with E-state index in [2.05, 4.69) is 53.7 Å². The number of hydrogen-bond donors (Lipinski definition) is 1. The molecule has 6 heterocycles. The largest absolute Gasteiger partial charge is 0.382 e. The number of ether oxygens (including phenoxy) is 2. The fraction of sp³-hybridized carbons (Fsp3) is 0.385. The molecule has 0 amide bonds. The Bertz CT molecular complexity index is 1540. The van der Waals surface area contributed by atoms with Crippen molar-refractivity contribution in [3.8, 4) is 22.5 Å². The van der Waals surface area contributed by atoms with E-state index in [9.17, 15) is 0 Å². The molecule has 0 radical (unpaired) electrons. The molecule has 1 aromatic carbocycles. The molecule has 0 spiro atoms. The Morgan fingerprint density at radius 1 is 0.833 bits per heavy atom. The third kappa shape index (κ3) is 3.48. The first-order valence-corrected chi connectivity index (χ1v) is 12.6. The first kappa shape index (κ1) is 21.5. The highest BCUT2D eigenvalue weighted by Crippen LogP contribution is 2.37. The molecule has 10 heteroatoms. The predicted molar refractivity (Wildman–Crippen MR) is 136 cm³/mol. The Hall–Kier alpha value is -3.76. The summed E-state index contributed by atoms with van der Waals surface area (Å²) < 4.78 is 17.5. The molecule has 2 N–H and O–H groups in total. The molecular weight excluding hydrogens is 456 g/mol. The average molecular weight is 485 g/mol. The van der Waals surface area contributed by atoms with E-state index in [0.717, 1.165) is 91.2 Å². The van der Waals surface area contributed by atoms with Crippen molar-refractivity contribution in [1.82, 2.24) is 33.9 Å². The lowest BCUT2D eigenvalue weighted by atomic mass is 10.1. The molecule has 184 valence electrons. The van der Waals surface area contributed by atoms with E-state index in [1.54, 1.807) is 0 Å². The lowest BCUT2D eigenvalue weighted by Crippen LogP contribution is -2.21. The number of hydrogen-bond acceptors (Lipinski definition) is 7. The van der Waals surface area contributed by atoms with E-state index in [4.69, 9.17) is 15.2 Å². The van der Waals surface area contributed by atoms with Crippen molar-refractivity contribution in [2.75, 3.05) is 32.2 Å². The molecule has 7 rings (SSSR count). The molecule has 4 aromatic heterocycles. The number of benzene rings is 1. The molecule has 2 fully saturated rings. The molecular formula is C26H28N8O2. The van der Waals surface area contributed by atoms with Crippen LogP contribution in [0.15, 0.2) is 49.2 Å². The van der Waals surface area contributed by atoms with Crippen molar-refractivity contribution in [3.63, 3.8) is 0 Å². The zero-order chi connectivity index (χ0) is 24.1. The normalized spacial score (nSPS) is 17.9. The van der Waals surface area contributed by atoms with Crippen LogP contribution >= 0.6 is 0 Å². The van der Waals surface area contributed by atoms with E-state index in [-0.39, 0.29) is 6.04 Å². The first-order valence-electron chi connectivity index (χ1n) is 12.6. The van der Waals surface area contributed by atoms with Crippen molar-refractivity contribution < 1.29 is 9.47 Å². The minimum absolute atomic E-state index is 0.290. The quantitative estimate of drug-likeness (QED) is 0.412. The molecule has 0 aliphatic carbocycles. The van der Waals surface area contributed by atoms with Gasteiger partial charge in [-0.25, -0.2) is 14.5 Å². The molecule has 5 aromatic rings. The molecule has 0 atom stereocenters. The number of anilines is 1. The van der Waals surface area contributed by atoms with Gasteiger partial charge in [-0.3, -0.25) is 4.68 Å². The number of fused-ring (bicyclic) bond motifs is 2. The van der Waals surface area contributed by atoms with Gasteiger partial charge in [0.15, 0.2) is 5.82 Å². The maximum Gasteiger partial charge on any atom is 0.152 e. The average Bonchev–Trinajstić information content (AvgIpc) is 3.66. The summed E-state index contributed by atoms with van der Waals surface area (Å²) in [7, 11) is 0. The molecule has 2 aliphatic heterocycles. The van der Waals surface area contributed by atoms with Gasteiger partial charge in [0.2, 0.25) is 0 Å². The van der Waals surface area contributed by atoms with Crippen LogP contribution < -0.4 is 5.73 Å². The maximum absolute atomic E-state index is 6.43. The molecule has 10 nitrogen and oxygen atoms in total. The Morgan fingerprint density at radius 3 is 2.42 bits per heavy atom. The van der Waals surface area contributed by atoms with Gasteiger partial charge >= 0.3 is 0 Å². The van der Waals surface area contributed by atoms with Gasteiger partial charge < -0.3 is 19.8 Å². The lowest BCUT2D eigenvalue weighted by Gasteiger charge is -2.24. The predicted octanol–water partition coefficient (Wildman–Crippen LogP) is 3.89. The first-order chi connectivity index (χ1) is 17.8. The zero-order valence-corrected chi connectivity index (χ0v) is 20.0. The summed E-state index contributed by atoms with van der Waals surface area (Å²) in [6.45, 7) is 3.07. The molecule has 2 saturated heterocycles. The van der Waals surface area contributed by atoms with Crippen molar-refractivity contribution in [3.05, 3.63) is 49.2 Å². The summed E-state index contributed by atoms with van der Waals surface area (Å²) in [6.07, 6.45) is 9.18. The van der Waals surface area contributed by atoms with Crippen LogP contribution in [0.1, 0.15) is 37.8 Å². The van der Waals surface area contributed by atoms with Crippen LogP contribution in [0, 0.1) is 0 Å². The maximum atomic E-state index is 6.43. The second kappa shape index (κ2) is 8.72. The van der Waals surface area contributed by atoms with Crippen molar-refractivity contribution in [2.24, 2.45) is 0 Å². The summed E-state index contributed by atoms with van der Waals surface area (Å²) in [5.74, 6) is 0.444. The van der Waals surface area contributed by atoms with E-state index in [0.29, 0.717) is 11.9 Å². The second-order valence-corrected chi connectivity index (χ2v) is 9.55. The summed E-state index contributed by atoms with van der Waals surface area (Å²) in [6, 6.07) is 11.3. The van der Waals surface area contributed by atoms with Gasteiger partial charge in [-0.2, -0.15) is 10.2 Å². The monoisotopic (exact) mass is 484 g/mol. The smallest absolute Gasteiger partial charge is 0.152 e. The van der Waals surface area contributed by atoms with Gasteiger partial charge in [0.1, 0.15) is 11.8 Å². The summed E-state index contributed by atoms with van der Waals surface area (Å²) in [4.78, 5) is 8.98. The molecule has 0 unspecified atom stereocenters. The van der Waals surface area contributed by atoms with Crippen molar-refractivity contribution in [2.45, 2.75) is 37.8 Å². The summed E-state index contributed by atoms with van der Waals surface area (Å²) in [5, 5.41) is 9.29. The molecule has 36 heavy (non-hydrogen) atoms. The highest BCUT2D eigenvalue weighted by Gasteiger charge is 2.24. The zero-order valence-electron chi connectivity index (χ0n) is 20.0.